The van der Waals surface area contributed by atoms with Gasteiger partial charge in [0.25, 0.3) is 0 Å². The highest BCUT2D eigenvalue weighted by molar-refractivity contribution is 9.10. The third kappa shape index (κ3) is 4.08. The van der Waals surface area contributed by atoms with Gasteiger partial charge in [0.2, 0.25) is 0 Å². The van der Waals surface area contributed by atoms with Crippen molar-refractivity contribution < 1.29 is 0 Å². The molecule has 0 aromatic heterocycles. The Morgan fingerprint density at radius 1 is 0.905 bits per heavy atom. The van der Waals surface area contributed by atoms with Crippen LogP contribution >= 0.6 is 15.9 Å². The summed E-state index contributed by atoms with van der Waals surface area (Å²) in [6, 6.07) is 13.1. The monoisotopic (exact) mass is 347 g/mol. The van der Waals surface area contributed by atoms with Gasteiger partial charge in [-0.25, -0.2) is 0 Å². The van der Waals surface area contributed by atoms with Gasteiger partial charge in [-0.3, -0.25) is 0 Å². The second kappa shape index (κ2) is 6.10. The van der Waals surface area contributed by atoms with E-state index in [1.54, 1.807) is 0 Å². The van der Waals surface area contributed by atoms with Gasteiger partial charge < -0.3 is 5.32 Å². The van der Waals surface area contributed by atoms with Crippen LogP contribution in [-0.4, -0.2) is 12.1 Å². The van der Waals surface area contributed by atoms with Gasteiger partial charge in [-0.1, -0.05) is 60.1 Å². The first kappa shape index (κ1) is 16.5. The lowest BCUT2D eigenvalue weighted by Crippen LogP contribution is -2.38. The third-order valence-electron chi connectivity index (χ3n) is 4.01. The predicted octanol–water partition coefficient (Wildman–Crippen LogP) is 5.66. The summed E-state index contributed by atoms with van der Waals surface area (Å²) in [6.45, 7) is 12.4. The van der Waals surface area contributed by atoms with Gasteiger partial charge in [0.15, 0.2) is 0 Å². The summed E-state index contributed by atoms with van der Waals surface area (Å²) in [5.41, 5.74) is 1.76. The maximum Gasteiger partial charge on any atom is 0.0253 e. The molecular weight excluding hydrogens is 322 g/mol. The zero-order valence-electron chi connectivity index (χ0n) is 13.8. The molecule has 0 aliphatic carbocycles. The van der Waals surface area contributed by atoms with Crippen LogP contribution in [0.4, 0.5) is 0 Å². The van der Waals surface area contributed by atoms with Crippen LogP contribution in [0.5, 0.6) is 0 Å². The summed E-state index contributed by atoms with van der Waals surface area (Å²) >= 11 is 3.66. The summed E-state index contributed by atoms with van der Waals surface area (Å²) in [5.74, 6) is 0. The molecule has 0 unspecified atom stereocenters. The second-order valence-corrected chi connectivity index (χ2v) is 8.31. The van der Waals surface area contributed by atoms with E-state index >= 15 is 0 Å². The molecule has 2 heteroatoms. The summed E-state index contributed by atoms with van der Waals surface area (Å²) in [5, 5.41) is 6.25. The van der Waals surface area contributed by atoms with Crippen molar-refractivity contribution in [3.63, 3.8) is 0 Å². The number of fused-ring (bicyclic) bond motifs is 1. The minimum Gasteiger partial charge on any atom is -0.312 e. The van der Waals surface area contributed by atoms with Crippen LogP contribution in [-0.2, 0) is 5.41 Å². The molecule has 0 amide bonds. The second-order valence-electron chi connectivity index (χ2n) is 7.45. The Morgan fingerprint density at radius 2 is 1.52 bits per heavy atom. The molecular formula is C19H26BrN. The van der Waals surface area contributed by atoms with Gasteiger partial charge >= 0.3 is 0 Å². The Morgan fingerprint density at radius 3 is 2.14 bits per heavy atom. The van der Waals surface area contributed by atoms with Gasteiger partial charge in [-0.2, -0.15) is 0 Å². The van der Waals surface area contributed by atoms with E-state index in [-0.39, 0.29) is 11.0 Å². The molecule has 114 valence electrons. The summed E-state index contributed by atoms with van der Waals surface area (Å²) < 4.78 is 1.17. The number of halogens is 1. The highest BCUT2D eigenvalue weighted by Gasteiger charge is 2.23. The number of rotatable bonds is 4. The number of nitrogens with one attached hydrogen (secondary N) is 1. The quantitative estimate of drug-likeness (QED) is 0.752. The van der Waals surface area contributed by atoms with Crippen LogP contribution in [0.3, 0.4) is 0 Å². The Hall–Kier alpha value is -0.860. The molecule has 0 heterocycles. The highest BCUT2D eigenvalue weighted by Crippen LogP contribution is 2.35. The van der Waals surface area contributed by atoms with Crippen molar-refractivity contribution in [1.82, 2.24) is 5.32 Å². The van der Waals surface area contributed by atoms with E-state index in [9.17, 15) is 0 Å². The topological polar surface area (TPSA) is 12.0 Å². The molecule has 0 aliphatic heterocycles. The van der Waals surface area contributed by atoms with Crippen molar-refractivity contribution in [2.24, 2.45) is 0 Å². The van der Waals surface area contributed by atoms with E-state index in [2.05, 4.69) is 92.3 Å². The predicted molar refractivity (Wildman–Crippen MR) is 97.0 cm³/mol. The average molecular weight is 348 g/mol. The molecule has 0 spiro atoms. The summed E-state index contributed by atoms with van der Waals surface area (Å²) in [7, 11) is 0. The van der Waals surface area contributed by atoms with E-state index in [0.717, 1.165) is 13.0 Å². The molecule has 0 radical (unpaired) electrons. The fourth-order valence-corrected chi connectivity index (χ4v) is 3.22. The Bertz CT molecular complexity index is 623. The fourth-order valence-electron chi connectivity index (χ4n) is 2.74. The fraction of sp³-hybridized carbons (Fsp3) is 0.474. The first-order valence-corrected chi connectivity index (χ1v) is 8.43. The van der Waals surface area contributed by atoms with Crippen molar-refractivity contribution in [1.29, 1.82) is 0 Å². The summed E-state index contributed by atoms with van der Waals surface area (Å²) in [4.78, 5) is 0. The third-order valence-corrected chi connectivity index (χ3v) is 4.70. The van der Waals surface area contributed by atoms with Gasteiger partial charge in [0, 0.05) is 10.0 Å². The molecule has 0 saturated carbocycles. The van der Waals surface area contributed by atoms with Crippen molar-refractivity contribution >= 4 is 26.7 Å². The number of hydrogen-bond acceptors (Lipinski definition) is 1. The highest BCUT2D eigenvalue weighted by atomic mass is 79.9. The van der Waals surface area contributed by atoms with Crippen LogP contribution in [0, 0.1) is 0 Å². The summed E-state index contributed by atoms with van der Waals surface area (Å²) in [6.07, 6.45) is 1.12. The molecule has 0 atom stereocenters. The Kier molecular flexibility index (Phi) is 4.79. The average Bonchev–Trinajstić information content (AvgIpc) is 2.37. The minimum absolute atomic E-state index is 0.151. The molecule has 1 nitrogen and oxygen atoms in total. The van der Waals surface area contributed by atoms with E-state index < -0.39 is 0 Å². The lowest BCUT2D eigenvalue weighted by molar-refractivity contribution is 0.380. The molecule has 0 saturated heterocycles. The SMILES string of the molecule is CC(C)(C)NCCC(C)(C)c1ccc(Br)c2ccccc12. The zero-order chi connectivity index (χ0) is 15.7. The largest absolute Gasteiger partial charge is 0.312 e. The van der Waals surface area contributed by atoms with Crippen LogP contribution in [0.25, 0.3) is 10.8 Å². The molecule has 2 rings (SSSR count). The van der Waals surface area contributed by atoms with Crippen LogP contribution < -0.4 is 5.32 Å². The Balaban J connectivity index is 2.30. The van der Waals surface area contributed by atoms with Gasteiger partial charge in [-0.15, -0.1) is 0 Å². The smallest absolute Gasteiger partial charge is 0.0253 e. The van der Waals surface area contributed by atoms with E-state index in [4.69, 9.17) is 0 Å². The molecule has 2 aromatic rings. The maximum absolute atomic E-state index is 3.66. The first-order valence-electron chi connectivity index (χ1n) is 7.63. The van der Waals surface area contributed by atoms with Crippen LogP contribution in [0.2, 0.25) is 0 Å². The molecule has 21 heavy (non-hydrogen) atoms. The van der Waals surface area contributed by atoms with E-state index in [0.29, 0.717) is 0 Å². The van der Waals surface area contributed by atoms with Crippen LogP contribution in [0.1, 0.15) is 46.6 Å². The van der Waals surface area contributed by atoms with Crippen molar-refractivity contribution in [2.45, 2.75) is 52.0 Å². The molecule has 0 fully saturated rings. The van der Waals surface area contributed by atoms with E-state index in [1.165, 1.54) is 20.8 Å². The van der Waals surface area contributed by atoms with Crippen molar-refractivity contribution in [3.8, 4) is 0 Å². The Labute approximate surface area is 137 Å². The lowest BCUT2D eigenvalue weighted by Gasteiger charge is -2.29. The lowest BCUT2D eigenvalue weighted by atomic mass is 9.79. The molecule has 0 aliphatic rings. The van der Waals surface area contributed by atoms with E-state index in [1.807, 2.05) is 0 Å². The minimum atomic E-state index is 0.151. The standard InChI is InChI=1S/C19H26BrN/c1-18(2,3)21-13-12-19(4,5)16-10-11-17(20)15-9-7-6-8-14(15)16/h6-11,21H,12-13H2,1-5H3. The molecule has 1 N–H and O–H groups in total. The van der Waals surface area contributed by atoms with Gasteiger partial charge in [-0.05, 0) is 61.6 Å². The first-order chi connectivity index (χ1) is 9.71. The molecule has 0 bridgehead atoms. The van der Waals surface area contributed by atoms with Crippen LogP contribution in [0.15, 0.2) is 40.9 Å². The normalized spacial score (nSPS) is 12.9. The molecule has 2 aromatic carbocycles. The van der Waals surface area contributed by atoms with Crippen molar-refractivity contribution in [2.75, 3.05) is 6.54 Å². The van der Waals surface area contributed by atoms with Crippen molar-refractivity contribution in [3.05, 3.63) is 46.4 Å². The number of hydrogen-bond donors (Lipinski definition) is 1. The zero-order valence-corrected chi connectivity index (χ0v) is 15.3. The maximum atomic E-state index is 3.66. The van der Waals surface area contributed by atoms with Gasteiger partial charge in [0.05, 0.1) is 0 Å². The van der Waals surface area contributed by atoms with Gasteiger partial charge in [0.1, 0.15) is 0 Å². The number of benzene rings is 2.